The van der Waals surface area contributed by atoms with Gasteiger partial charge >= 0.3 is 0 Å². The number of alkyl halides is 1. The Morgan fingerprint density at radius 1 is 0.900 bits per heavy atom. The largest absolute Gasteiger partial charge is 0.207 e. The molecule has 106 valence electrons. The number of rotatable bonds is 2. The van der Waals surface area contributed by atoms with Crippen molar-refractivity contribution >= 4 is 11.6 Å². The summed E-state index contributed by atoms with van der Waals surface area (Å²) < 4.78 is 27.5. The lowest BCUT2D eigenvalue weighted by Crippen LogP contribution is -2.11. The number of hydrogen-bond acceptors (Lipinski definition) is 0. The summed E-state index contributed by atoms with van der Waals surface area (Å²) in [4.78, 5) is 0. The maximum atomic E-state index is 13.7. The topological polar surface area (TPSA) is 0 Å². The molecule has 1 atom stereocenters. The standard InChI is InChI=1S/C17H17ClF2/c1-17(2,3)12-9-7-11(8-10-12)16(18)15-13(19)5-4-6-14(15)20/h4-10,16H,1-3H3. The van der Waals surface area contributed by atoms with E-state index < -0.39 is 17.0 Å². The summed E-state index contributed by atoms with van der Waals surface area (Å²) in [5, 5.41) is -0.829. The Kier molecular flexibility index (Phi) is 4.14. The summed E-state index contributed by atoms with van der Waals surface area (Å²) >= 11 is 6.23. The molecule has 0 fully saturated rings. The highest BCUT2D eigenvalue weighted by Crippen LogP contribution is 2.33. The minimum Gasteiger partial charge on any atom is -0.207 e. The van der Waals surface area contributed by atoms with Gasteiger partial charge in [-0.25, -0.2) is 8.78 Å². The Balaban J connectivity index is 2.37. The zero-order valence-electron chi connectivity index (χ0n) is 11.8. The van der Waals surface area contributed by atoms with Crippen LogP contribution in [0.3, 0.4) is 0 Å². The van der Waals surface area contributed by atoms with Crippen LogP contribution < -0.4 is 0 Å². The molecule has 0 bridgehead atoms. The van der Waals surface area contributed by atoms with E-state index in [1.807, 2.05) is 24.3 Å². The van der Waals surface area contributed by atoms with Crippen LogP contribution in [0, 0.1) is 11.6 Å². The average molecular weight is 295 g/mol. The predicted octanol–water partition coefficient (Wildman–Crippen LogP) is 5.59. The smallest absolute Gasteiger partial charge is 0.131 e. The molecule has 2 aromatic rings. The monoisotopic (exact) mass is 294 g/mol. The normalized spacial score (nSPS) is 13.3. The van der Waals surface area contributed by atoms with Crippen molar-refractivity contribution in [1.82, 2.24) is 0 Å². The minimum absolute atomic E-state index is 0.0313. The molecule has 0 N–H and O–H groups in total. The second-order valence-electron chi connectivity index (χ2n) is 5.87. The molecule has 0 saturated carbocycles. The van der Waals surface area contributed by atoms with Crippen molar-refractivity contribution in [2.24, 2.45) is 0 Å². The Morgan fingerprint density at radius 2 is 1.40 bits per heavy atom. The molecule has 0 spiro atoms. The van der Waals surface area contributed by atoms with Crippen LogP contribution in [0.2, 0.25) is 0 Å². The molecule has 0 aliphatic heterocycles. The fourth-order valence-electron chi connectivity index (χ4n) is 2.07. The first-order chi connectivity index (χ1) is 9.30. The van der Waals surface area contributed by atoms with E-state index in [2.05, 4.69) is 20.8 Å². The minimum atomic E-state index is -0.829. The summed E-state index contributed by atoms with van der Waals surface area (Å²) in [6.45, 7) is 6.32. The fourth-order valence-corrected chi connectivity index (χ4v) is 2.43. The molecular formula is C17H17ClF2. The van der Waals surface area contributed by atoms with Gasteiger partial charge in [0.25, 0.3) is 0 Å². The van der Waals surface area contributed by atoms with E-state index in [1.165, 1.54) is 18.2 Å². The molecule has 20 heavy (non-hydrogen) atoms. The van der Waals surface area contributed by atoms with Gasteiger partial charge in [0.1, 0.15) is 11.6 Å². The van der Waals surface area contributed by atoms with Gasteiger partial charge in [-0.2, -0.15) is 0 Å². The molecule has 2 rings (SSSR count). The molecule has 0 saturated heterocycles. The third kappa shape index (κ3) is 3.01. The maximum Gasteiger partial charge on any atom is 0.131 e. The van der Waals surface area contributed by atoms with Crippen LogP contribution in [0.4, 0.5) is 8.78 Å². The molecule has 0 aliphatic carbocycles. The second kappa shape index (κ2) is 5.53. The Hall–Kier alpha value is -1.41. The van der Waals surface area contributed by atoms with Gasteiger partial charge in [-0.1, -0.05) is 51.1 Å². The van der Waals surface area contributed by atoms with Crippen LogP contribution >= 0.6 is 11.6 Å². The molecule has 3 heteroatoms. The van der Waals surface area contributed by atoms with E-state index in [4.69, 9.17) is 11.6 Å². The third-order valence-corrected chi connectivity index (χ3v) is 3.79. The summed E-state index contributed by atoms with van der Waals surface area (Å²) in [6.07, 6.45) is 0. The highest BCUT2D eigenvalue weighted by atomic mass is 35.5. The van der Waals surface area contributed by atoms with Gasteiger partial charge in [0.05, 0.1) is 5.38 Å². The molecule has 1 unspecified atom stereocenters. The lowest BCUT2D eigenvalue weighted by atomic mass is 9.86. The first-order valence-corrected chi connectivity index (χ1v) is 6.93. The van der Waals surface area contributed by atoms with E-state index in [0.29, 0.717) is 5.56 Å². The van der Waals surface area contributed by atoms with Gasteiger partial charge < -0.3 is 0 Å². The maximum absolute atomic E-state index is 13.7. The van der Waals surface area contributed by atoms with E-state index in [-0.39, 0.29) is 11.0 Å². The number of hydrogen-bond donors (Lipinski definition) is 0. The molecule has 0 radical (unpaired) electrons. The summed E-state index contributed by atoms with van der Waals surface area (Å²) in [6, 6.07) is 11.3. The average Bonchev–Trinajstić information content (AvgIpc) is 2.37. The van der Waals surface area contributed by atoms with Crippen molar-refractivity contribution < 1.29 is 8.78 Å². The lowest BCUT2D eigenvalue weighted by molar-refractivity contribution is 0.559. The zero-order chi connectivity index (χ0) is 14.9. The summed E-state index contributed by atoms with van der Waals surface area (Å²) in [7, 11) is 0. The Bertz CT molecular complexity index is 577. The van der Waals surface area contributed by atoms with Gasteiger partial charge in [0.15, 0.2) is 0 Å². The van der Waals surface area contributed by atoms with Crippen molar-refractivity contribution in [3.05, 3.63) is 70.8 Å². The van der Waals surface area contributed by atoms with Crippen LogP contribution in [0.5, 0.6) is 0 Å². The van der Waals surface area contributed by atoms with E-state index in [1.54, 1.807) is 0 Å². The van der Waals surface area contributed by atoms with Gasteiger partial charge in [0.2, 0.25) is 0 Å². The quantitative estimate of drug-likeness (QED) is 0.633. The molecule has 0 aliphatic rings. The van der Waals surface area contributed by atoms with Gasteiger partial charge in [-0.05, 0) is 28.7 Å². The van der Waals surface area contributed by atoms with Crippen molar-refractivity contribution in [2.45, 2.75) is 31.6 Å². The SMILES string of the molecule is CC(C)(C)c1ccc(C(Cl)c2c(F)cccc2F)cc1. The Morgan fingerprint density at radius 3 is 1.85 bits per heavy atom. The van der Waals surface area contributed by atoms with E-state index in [9.17, 15) is 8.78 Å². The molecule has 2 aromatic carbocycles. The molecule has 0 heterocycles. The fraction of sp³-hybridized carbons (Fsp3) is 0.294. The van der Waals surface area contributed by atoms with Crippen molar-refractivity contribution in [3.8, 4) is 0 Å². The third-order valence-electron chi connectivity index (χ3n) is 3.32. The number of benzene rings is 2. The van der Waals surface area contributed by atoms with Crippen LogP contribution in [0.1, 0.15) is 42.8 Å². The summed E-state index contributed by atoms with van der Waals surface area (Å²) in [5.74, 6) is -1.24. The van der Waals surface area contributed by atoms with Crippen LogP contribution in [0.25, 0.3) is 0 Å². The highest BCUT2D eigenvalue weighted by Gasteiger charge is 2.20. The molecular weight excluding hydrogens is 278 g/mol. The first kappa shape index (κ1) is 15.0. The van der Waals surface area contributed by atoms with Gasteiger partial charge in [-0.3, -0.25) is 0 Å². The van der Waals surface area contributed by atoms with Crippen molar-refractivity contribution in [3.63, 3.8) is 0 Å². The molecule has 0 nitrogen and oxygen atoms in total. The zero-order valence-corrected chi connectivity index (χ0v) is 12.5. The van der Waals surface area contributed by atoms with Crippen LogP contribution in [-0.4, -0.2) is 0 Å². The van der Waals surface area contributed by atoms with Crippen LogP contribution in [-0.2, 0) is 5.41 Å². The van der Waals surface area contributed by atoms with E-state index in [0.717, 1.165) is 5.56 Å². The van der Waals surface area contributed by atoms with Gasteiger partial charge in [-0.15, -0.1) is 11.6 Å². The van der Waals surface area contributed by atoms with Crippen molar-refractivity contribution in [1.29, 1.82) is 0 Å². The van der Waals surface area contributed by atoms with Crippen molar-refractivity contribution in [2.75, 3.05) is 0 Å². The number of halogens is 3. The summed E-state index contributed by atoms with van der Waals surface area (Å²) in [5.41, 5.74) is 1.77. The highest BCUT2D eigenvalue weighted by molar-refractivity contribution is 6.22. The van der Waals surface area contributed by atoms with E-state index >= 15 is 0 Å². The van der Waals surface area contributed by atoms with Crippen LogP contribution in [0.15, 0.2) is 42.5 Å². The second-order valence-corrected chi connectivity index (χ2v) is 6.31. The Labute approximate surface area is 123 Å². The molecule has 0 amide bonds. The lowest BCUT2D eigenvalue weighted by Gasteiger charge is -2.20. The first-order valence-electron chi connectivity index (χ1n) is 6.49. The predicted molar refractivity (Wildman–Crippen MR) is 79.2 cm³/mol. The van der Waals surface area contributed by atoms with Gasteiger partial charge in [0, 0.05) is 5.56 Å². The molecule has 0 aromatic heterocycles.